The lowest BCUT2D eigenvalue weighted by Crippen LogP contribution is -2.49. The molecule has 0 bridgehead atoms. The van der Waals surface area contributed by atoms with Crippen LogP contribution in [0, 0.1) is 5.92 Å². The smallest absolute Gasteiger partial charge is 0.372 e. The second kappa shape index (κ2) is 9.64. The van der Waals surface area contributed by atoms with Crippen LogP contribution in [0.2, 0.25) is 0 Å². The molecule has 6 heteroatoms. The molecule has 1 aliphatic heterocycles. The minimum Gasteiger partial charge on any atom is -0.372 e. The van der Waals surface area contributed by atoms with Crippen LogP contribution in [0.15, 0.2) is 0 Å². The van der Waals surface area contributed by atoms with E-state index in [1.54, 1.807) is 0 Å². The fraction of sp³-hybridized carbons (Fsp3) is 1.00. The summed E-state index contributed by atoms with van der Waals surface area (Å²) in [4.78, 5) is 2.36. The molecule has 2 atom stereocenters. The van der Waals surface area contributed by atoms with Crippen molar-refractivity contribution >= 4 is 0 Å². The van der Waals surface area contributed by atoms with E-state index in [-0.39, 0.29) is 6.61 Å². The van der Waals surface area contributed by atoms with Gasteiger partial charge in [0, 0.05) is 25.7 Å². The van der Waals surface area contributed by atoms with E-state index >= 15 is 0 Å². The molecule has 0 saturated carbocycles. The van der Waals surface area contributed by atoms with Gasteiger partial charge in [-0.3, -0.25) is 0 Å². The molecule has 0 aliphatic carbocycles. The molecule has 0 amide bonds. The van der Waals surface area contributed by atoms with Gasteiger partial charge in [-0.05, 0) is 38.3 Å². The van der Waals surface area contributed by atoms with Crippen molar-refractivity contribution in [1.82, 2.24) is 10.2 Å². The van der Waals surface area contributed by atoms with E-state index in [2.05, 4.69) is 28.8 Å². The number of halogens is 3. The van der Waals surface area contributed by atoms with Gasteiger partial charge in [0.25, 0.3) is 0 Å². The van der Waals surface area contributed by atoms with Crippen LogP contribution >= 0.6 is 0 Å². The van der Waals surface area contributed by atoms with Gasteiger partial charge in [-0.1, -0.05) is 20.3 Å². The summed E-state index contributed by atoms with van der Waals surface area (Å²) in [5, 5.41) is 3.61. The Bertz CT molecular complexity index is 274. The van der Waals surface area contributed by atoms with Gasteiger partial charge in [-0.2, -0.15) is 13.2 Å². The quantitative estimate of drug-likeness (QED) is 0.663. The zero-order valence-electron chi connectivity index (χ0n) is 13.2. The van der Waals surface area contributed by atoms with Gasteiger partial charge < -0.3 is 15.0 Å². The maximum atomic E-state index is 11.9. The van der Waals surface area contributed by atoms with Crippen LogP contribution < -0.4 is 5.32 Å². The molecule has 1 aliphatic rings. The number of alkyl halides is 3. The topological polar surface area (TPSA) is 24.5 Å². The zero-order valence-corrected chi connectivity index (χ0v) is 13.2. The Hall–Kier alpha value is -0.330. The van der Waals surface area contributed by atoms with Gasteiger partial charge in [0.15, 0.2) is 0 Å². The first-order chi connectivity index (χ1) is 9.96. The predicted octanol–water partition coefficient (Wildman–Crippen LogP) is 3.06. The molecule has 0 aromatic rings. The normalized spacial score (nSPS) is 24.4. The molecule has 1 fully saturated rings. The van der Waals surface area contributed by atoms with Crippen molar-refractivity contribution in [1.29, 1.82) is 0 Å². The van der Waals surface area contributed by atoms with E-state index in [4.69, 9.17) is 0 Å². The van der Waals surface area contributed by atoms with Crippen molar-refractivity contribution in [3.05, 3.63) is 0 Å². The summed E-state index contributed by atoms with van der Waals surface area (Å²) in [6.45, 7) is 7.39. The fourth-order valence-corrected chi connectivity index (χ4v) is 2.90. The molecule has 0 aromatic heterocycles. The van der Waals surface area contributed by atoms with Crippen LogP contribution in [0.4, 0.5) is 13.2 Å². The third kappa shape index (κ3) is 8.02. The Balaban J connectivity index is 2.17. The highest BCUT2D eigenvalue weighted by atomic mass is 19.4. The molecule has 1 N–H and O–H groups in total. The third-order valence-corrected chi connectivity index (χ3v) is 4.03. The average Bonchev–Trinajstić information content (AvgIpc) is 2.44. The van der Waals surface area contributed by atoms with E-state index in [0.717, 1.165) is 45.4 Å². The maximum absolute atomic E-state index is 11.9. The van der Waals surface area contributed by atoms with Crippen molar-refractivity contribution in [3.63, 3.8) is 0 Å². The van der Waals surface area contributed by atoms with E-state index in [1.807, 2.05) is 0 Å². The molecule has 1 saturated heterocycles. The molecule has 0 radical (unpaired) electrons. The van der Waals surface area contributed by atoms with Crippen LogP contribution in [0.1, 0.15) is 39.5 Å². The average molecular weight is 310 g/mol. The molecular weight excluding hydrogens is 281 g/mol. The van der Waals surface area contributed by atoms with Crippen molar-refractivity contribution in [2.75, 3.05) is 39.4 Å². The second-order valence-electron chi connectivity index (χ2n) is 5.84. The zero-order chi connectivity index (χ0) is 15.7. The molecular formula is C15H29F3N2O. The van der Waals surface area contributed by atoms with E-state index in [0.29, 0.717) is 18.4 Å². The molecule has 1 rings (SSSR count). The predicted molar refractivity (Wildman–Crippen MR) is 78.4 cm³/mol. The van der Waals surface area contributed by atoms with Gasteiger partial charge >= 0.3 is 6.18 Å². The number of nitrogens with zero attached hydrogens (tertiary/aromatic N) is 1. The van der Waals surface area contributed by atoms with Gasteiger partial charge in [0.05, 0.1) is 0 Å². The molecule has 0 spiro atoms. The summed E-state index contributed by atoms with van der Waals surface area (Å²) >= 11 is 0. The summed E-state index contributed by atoms with van der Waals surface area (Å²) in [7, 11) is 0. The molecule has 3 nitrogen and oxygen atoms in total. The summed E-state index contributed by atoms with van der Waals surface area (Å²) in [6, 6.07) is 0.590. The minimum atomic E-state index is -4.21. The monoisotopic (exact) mass is 310 g/mol. The molecule has 2 unspecified atom stereocenters. The number of hydrogen-bond acceptors (Lipinski definition) is 3. The molecule has 0 aromatic carbocycles. The Labute approximate surface area is 126 Å². The van der Waals surface area contributed by atoms with Crippen molar-refractivity contribution in [3.8, 4) is 0 Å². The first-order valence-corrected chi connectivity index (χ1v) is 8.06. The molecule has 126 valence electrons. The highest BCUT2D eigenvalue weighted by Gasteiger charge is 2.28. The number of hydrogen-bond donors (Lipinski definition) is 1. The van der Waals surface area contributed by atoms with E-state index in [9.17, 15) is 13.2 Å². The Morgan fingerprint density at radius 1 is 1.29 bits per heavy atom. The number of nitrogens with one attached hydrogen (secondary N) is 1. The lowest BCUT2D eigenvalue weighted by atomic mass is 9.89. The van der Waals surface area contributed by atoms with Crippen molar-refractivity contribution < 1.29 is 17.9 Å². The van der Waals surface area contributed by atoms with Gasteiger partial charge in [-0.25, -0.2) is 0 Å². The van der Waals surface area contributed by atoms with Crippen LogP contribution in [0.5, 0.6) is 0 Å². The minimum absolute atomic E-state index is 0.185. The Kier molecular flexibility index (Phi) is 8.59. The highest BCUT2D eigenvalue weighted by molar-refractivity contribution is 4.84. The summed E-state index contributed by atoms with van der Waals surface area (Å²) in [5.41, 5.74) is 0. The van der Waals surface area contributed by atoms with Crippen LogP contribution in [-0.4, -0.2) is 56.5 Å². The lowest BCUT2D eigenvalue weighted by molar-refractivity contribution is -0.174. The van der Waals surface area contributed by atoms with Crippen LogP contribution in [0.3, 0.4) is 0 Å². The summed E-state index contributed by atoms with van der Waals surface area (Å²) in [5.74, 6) is 0.640. The summed E-state index contributed by atoms with van der Waals surface area (Å²) in [6.07, 6.45) is -0.131. The van der Waals surface area contributed by atoms with Crippen molar-refractivity contribution in [2.24, 2.45) is 5.92 Å². The first kappa shape index (κ1) is 18.7. The van der Waals surface area contributed by atoms with Gasteiger partial charge in [-0.15, -0.1) is 0 Å². The Morgan fingerprint density at radius 3 is 2.67 bits per heavy atom. The third-order valence-electron chi connectivity index (χ3n) is 4.03. The molecule has 21 heavy (non-hydrogen) atoms. The van der Waals surface area contributed by atoms with Gasteiger partial charge in [0.1, 0.15) is 6.61 Å². The standard InChI is InChI=1S/C15H29F3N2O/c1-3-7-19-14-6-9-20(11-13(14)4-2)8-5-10-21-12-15(16,17)18/h13-14,19H,3-12H2,1-2H3. The second-order valence-corrected chi connectivity index (χ2v) is 5.84. The maximum Gasteiger partial charge on any atom is 0.411 e. The number of likely N-dealkylation sites (tertiary alicyclic amines) is 1. The lowest BCUT2D eigenvalue weighted by Gasteiger charge is -2.38. The first-order valence-electron chi connectivity index (χ1n) is 8.06. The van der Waals surface area contributed by atoms with Crippen LogP contribution in [0.25, 0.3) is 0 Å². The van der Waals surface area contributed by atoms with Crippen LogP contribution in [-0.2, 0) is 4.74 Å². The van der Waals surface area contributed by atoms with E-state index < -0.39 is 12.8 Å². The van der Waals surface area contributed by atoms with Gasteiger partial charge in [0.2, 0.25) is 0 Å². The summed E-state index contributed by atoms with van der Waals surface area (Å²) < 4.78 is 40.5. The highest BCUT2D eigenvalue weighted by Crippen LogP contribution is 2.20. The molecule has 1 heterocycles. The number of rotatable bonds is 9. The number of ether oxygens (including phenoxy) is 1. The van der Waals surface area contributed by atoms with E-state index in [1.165, 1.54) is 0 Å². The van der Waals surface area contributed by atoms with Crippen molar-refractivity contribution in [2.45, 2.75) is 51.7 Å². The SMILES string of the molecule is CCCNC1CCN(CCCOCC(F)(F)F)CC1CC. The Morgan fingerprint density at radius 2 is 2.05 bits per heavy atom. The number of piperidine rings is 1. The largest absolute Gasteiger partial charge is 0.411 e. The fourth-order valence-electron chi connectivity index (χ4n) is 2.90.